The molecule has 0 saturated heterocycles. The number of ether oxygens (including phenoxy) is 2. The summed E-state index contributed by atoms with van der Waals surface area (Å²) in [7, 11) is 1.66. The number of allylic oxidation sites excluding steroid dienone is 4. The maximum Gasteiger partial charge on any atom is 0.144 e. The molecular formula is C24H38FNO3. The second-order valence-electron chi connectivity index (χ2n) is 8.28. The summed E-state index contributed by atoms with van der Waals surface area (Å²) in [6, 6.07) is -0.416. The van der Waals surface area contributed by atoms with Gasteiger partial charge in [-0.3, -0.25) is 4.99 Å². The number of hydrogen-bond acceptors (Lipinski definition) is 4. The van der Waals surface area contributed by atoms with Crippen molar-refractivity contribution in [1.29, 1.82) is 0 Å². The normalized spacial score (nSPS) is 24.7. The van der Waals surface area contributed by atoms with Gasteiger partial charge in [-0.2, -0.15) is 0 Å². The van der Waals surface area contributed by atoms with Crippen molar-refractivity contribution in [3.8, 4) is 0 Å². The van der Waals surface area contributed by atoms with Crippen LogP contribution in [0, 0.1) is 5.92 Å². The highest BCUT2D eigenvalue weighted by Gasteiger charge is 2.30. The molecule has 29 heavy (non-hydrogen) atoms. The Labute approximate surface area is 175 Å². The van der Waals surface area contributed by atoms with E-state index in [-0.39, 0.29) is 11.7 Å². The lowest BCUT2D eigenvalue weighted by molar-refractivity contribution is 0.113. The Morgan fingerprint density at radius 1 is 1.24 bits per heavy atom. The minimum Gasteiger partial charge on any atom is -0.506 e. The highest BCUT2D eigenvalue weighted by Crippen LogP contribution is 2.31. The molecule has 0 aromatic rings. The molecule has 2 atom stereocenters. The van der Waals surface area contributed by atoms with Crippen LogP contribution in [0.15, 0.2) is 39.8 Å². The van der Waals surface area contributed by atoms with Crippen LogP contribution in [0.1, 0.15) is 72.1 Å². The topological polar surface area (TPSA) is 51.1 Å². The lowest BCUT2D eigenvalue weighted by atomic mass is 9.83. The van der Waals surface area contributed by atoms with Crippen molar-refractivity contribution in [2.24, 2.45) is 10.9 Å². The first-order valence-electron chi connectivity index (χ1n) is 11.1. The van der Waals surface area contributed by atoms with E-state index >= 15 is 0 Å². The molecule has 1 fully saturated rings. The van der Waals surface area contributed by atoms with E-state index in [0.717, 1.165) is 55.6 Å². The number of nitrogens with zero attached hydrogens (tertiary/aromatic N) is 1. The second-order valence-corrected chi connectivity index (χ2v) is 8.28. The number of halogens is 1. The number of dihydropyridines is 1. The zero-order chi connectivity index (χ0) is 21.2. The van der Waals surface area contributed by atoms with Crippen LogP contribution in [0.4, 0.5) is 4.39 Å². The van der Waals surface area contributed by atoms with E-state index in [0.29, 0.717) is 19.6 Å². The third-order valence-corrected chi connectivity index (χ3v) is 5.95. The molecule has 0 radical (unpaired) electrons. The molecule has 2 aliphatic rings. The summed E-state index contributed by atoms with van der Waals surface area (Å²) in [4.78, 5) is 4.67. The number of rotatable bonds is 10. The van der Waals surface area contributed by atoms with Crippen molar-refractivity contribution in [2.75, 3.05) is 20.3 Å². The Bertz CT molecular complexity index is 645. The molecule has 0 bridgehead atoms. The van der Waals surface area contributed by atoms with Crippen molar-refractivity contribution >= 4 is 5.71 Å². The third kappa shape index (κ3) is 7.29. The molecule has 1 N–H and O–H groups in total. The zero-order valence-corrected chi connectivity index (χ0v) is 18.5. The molecule has 0 amide bonds. The molecular weight excluding hydrogens is 369 g/mol. The van der Waals surface area contributed by atoms with Gasteiger partial charge in [-0.1, -0.05) is 31.8 Å². The van der Waals surface area contributed by atoms with Gasteiger partial charge in [0.15, 0.2) is 0 Å². The molecule has 1 aliphatic carbocycles. The summed E-state index contributed by atoms with van der Waals surface area (Å²) in [5.74, 6) is 1.22. The fourth-order valence-corrected chi connectivity index (χ4v) is 3.95. The van der Waals surface area contributed by atoms with Crippen LogP contribution in [-0.2, 0) is 9.47 Å². The minimum absolute atomic E-state index is 0.0586. The van der Waals surface area contributed by atoms with Gasteiger partial charge in [-0.15, -0.1) is 0 Å². The maximum atomic E-state index is 14.5. The Hall–Kier alpha value is -1.62. The lowest BCUT2D eigenvalue weighted by Crippen LogP contribution is -2.31. The van der Waals surface area contributed by atoms with Crippen molar-refractivity contribution in [3.05, 3.63) is 34.8 Å². The van der Waals surface area contributed by atoms with Crippen LogP contribution in [-0.4, -0.2) is 43.4 Å². The number of aliphatic hydroxyl groups is 1. The number of methoxy groups -OCH3 is 1. The van der Waals surface area contributed by atoms with E-state index in [1.165, 1.54) is 18.1 Å². The average molecular weight is 408 g/mol. The maximum absolute atomic E-state index is 14.5. The SMILES string of the molecule is CC/C(C)=C(\C=C(\C)CCC1N=C(C2CCCCC2)C(O)=CC1F)OCCOC. The number of aliphatic hydroxyl groups excluding tert-OH is 1. The minimum atomic E-state index is -1.22. The van der Waals surface area contributed by atoms with Gasteiger partial charge >= 0.3 is 0 Å². The van der Waals surface area contributed by atoms with Gasteiger partial charge in [0.05, 0.1) is 18.4 Å². The fourth-order valence-electron chi connectivity index (χ4n) is 3.95. The first kappa shape index (κ1) is 23.7. The molecule has 164 valence electrons. The summed E-state index contributed by atoms with van der Waals surface area (Å²) < 4.78 is 25.5. The molecule has 0 spiro atoms. The average Bonchev–Trinajstić information content (AvgIpc) is 2.72. The van der Waals surface area contributed by atoms with Crippen LogP contribution in [0.25, 0.3) is 0 Å². The van der Waals surface area contributed by atoms with Crippen molar-refractivity contribution in [2.45, 2.75) is 84.4 Å². The predicted octanol–water partition coefficient (Wildman–Crippen LogP) is 6.24. The van der Waals surface area contributed by atoms with Crippen molar-refractivity contribution in [1.82, 2.24) is 0 Å². The Balaban J connectivity index is 2.02. The van der Waals surface area contributed by atoms with Crippen LogP contribution in [0.3, 0.4) is 0 Å². The smallest absolute Gasteiger partial charge is 0.144 e. The first-order valence-corrected chi connectivity index (χ1v) is 11.1. The highest BCUT2D eigenvalue weighted by atomic mass is 19.1. The Kier molecular flexibility index (Phi) is 9.92. The summed E-state index contributed by atoms with van der Waals surface area (Å²) in [5, 5.41) is 10.2. The summed E-state index contributed by atoms with van der Waals surface area (Å²) in [5.41, 5.74) is 3.06. The van der Waals surface area contributed by atoms with Gasteiger partial charge in [0.2, 0.25) is 0 Å². The first-order chi connectivity index (χ1) is 14.0. The monoisotopic (exact) mass is 407 g/mol. The van der Waals surface area contributed by atoms with Gasteiger partial charge in [0, 0.05) is 13.0 Å². The molecule has 1 saturated carbocycles. The van der Waals surface area contributed by atoms with E-state index in [4.69, 9.17) is 9.47 Å². The van der Waals surface area contributed by atoms with Crippen LogP contribution in [0.5, 0.6) is 0 Å². The summed E-state index contributed by atoms with van der Waals surface area (Å²) in [6.07, 6.45) is 10.1. The van der Waals surface area contributed by atoms with E-state index in [9.17, 15) is 9.50 Å². The second kappa shape index (κ2) is 12.2. The molecule has 0 aromatic carbocycles. The van der Waals surface area contributed by atoms with Gasteiger partial charge in [-0.05, 0) is 63.7 Å². The molecule has 1 heterocycles. The van der Waals surface area contributed by atoms with Crippen LogP contribution < -0.4 is 0 Å². The largest absolute Gasteiger partial charge is 0.506 e. The van der Waals surface area contributed by atoms with E-state index in [1.54, 1.807) is 7.11 Å². The molecule has 2 rings (SSSR count). The predicted molar refractivity (Wildman–Crippen MR) is 117 cm³/mol. The zero-order valence-electron chi connectivity index (χ0n) is 18.5. The van der Waals surface area contributed by atoms with Gasteiger partial charge < -0.3 is 14.6 Å². The lowest BCUT2D eigenvalue weighted by Gasteiger charge is -2.28. The number of aliphatic imine (C=N–C) groups is 1. The van der Waals surface area contributed by atoms with Gasteiger partial charge in [-0.25, -0.2) is 4.39 Å². The van der Waals surface area contributed by atoms with E-state index in [2.05, 4.69) is 31.8 Å². The van der Waals surface area contributed by atoms with Gasteiger partial charge in [0.1, 0.15) is 24.3 Å². The Morgan fingerprint density at radius 2 is 1.97 bits per heavy atom. The van der Waals surface area contributed by atoms with Crippen LogP contribution in [0.2, 0.25) is 0 Å². The standard InChI is InChI=1S/C24H38FNO3/c1-5-18(3)23(29-14-13-28-4)15-17(2)11-12-21-20(25)16-22(27)24(26-21)19-9-7-6-8-10-19/h15-16,19-21,27H,5-14H2,1-4H3/b17-15-,23-18+. The third-order valence-electron chi connectivity index (χ3n) is 5.95. The van der Waals surface area contributed by atoms with Crippen LogP contribution >= 0.6 is 0 Å². The van der Waals surface area contributed by atoms with E-state index in [1.807, 2.05) is 0 Å². The van der Waals surface area contributed by atoms with Crippen molar-refractivity contribution in [3.63, 3.8) is 0 Å². The number of hydrogen-bond donors (Lipinski definition) is 1. The molecule has 0 aromatic heterocycles. The quantitative estimate of drug-likeness (QED) is 0.265. The van der Waals surface area contributed by atoms with Gasteiger partial charge in [0.25, 0.3) is 0 Å². The Morgan fingerprint density at radius 3 is 2.62 bits per heavy atom. The van der Waals surface area contributed by atoms with Crippen molar-refractivity contribution < 1.29 is 19.0 Å². The molecule has 2 unspecified atom stereocenters. The highest BCUT2D eigenvalue weighted by molar-refractivity contribution is 6.00. The van der Waals surface area contributed by atoms with E-state index < -0.39 is 12.2 Å². The fraction of sp³-hybridized carbons (Fsp3) is 0.708. The number of alkyl halides is 1. The summed E-state index contributed by atoms with van der Waals surface area (Å²) in [6.45, 7) is 7.29. The molecule has 1 aliphatic heterocycles. The molecule has 5 heteroatoms. The summed E-state index contributed by atoms with van der Waals surface area (Å²) >= 11 is 0. The molecule has 4 nitrogen and oxygen atoms in total.